The smallest absolute Gasteiger partial charge is 0.402 e. The van der Waals surface area contributed by atoms with E-state index in [1.54, 1.807) is 0 Å². The Morgan fingerprint density at radius 2 is 1.31 bits per heavy atom. The highest BCUT2D eigenvalue weighted by molar-refractivity contribution is 8.11. The van der Waals surface area contributed by atoms with Gasteiger partial charge >= 0.3 is 12.4 Å². The number of rotatable bonds is 4. The predicted molar refractivity (Wildman–Crippen MR) is 74.7 cm³/mol. The Kier molecular flexibility index (Phi) is 5.93. The van der Waals surface area contributed by atoms with Crippen molar-refractivity contribution >= 4 is 31.1 Å². The molecular formula is C10H12F6N2O6S2. The molecule has 1 fully saturated rings. The van der Waals surface area contributed by atoms with Gasteiger partial charge in [0.2, 0.25) is 4.08 Å². The molecule has 1 rings (SSSR count). The molecule has 152 valence electrons. The van der Waals surface area contributed by atoms with Gasteiger partial charge in [0.15, 0.2) is 19.7 Å². The van der Waals surface area contributed by atoms with Gasteiger partial charge in [0.25, 0.3) is 0 Å². The van der Waals surface area contributed by atoms with E-state index in [4.69, 9.17) is 10.4 Å². The maximum absolute atomic E-state index is 12.6. The molecule has 0 saturated heterocycles. The standard InChI is InChI=1S/C10H12F6N2O6S2/c11-9(12,13)4-25(21,22)8(26(23,24)5-10(14,15)16)3-1-2-6(17-19)7(8)18-20/h19-20H,1-5H2. The van der Waals surface area contributed by atoms with Crippen molar-refractivity contribution in [2.45, 2.75) is 35.7 Å². The summed E-state index contributed by atoms with van der Waals surface area (Å²) in [6, 6.07) is 0. The normalized spacial score (nSPS) is 22.7. The maximum Gasteiger partial charge on any atom is 0.402 e. The minimum Gasteiger partial charge on any atom is -0.411 e. The van der Waals surface area contributed by atoms with Crippen molar-refractivity contribution in [3.63, 3.8) is 0 Å². The summed E-state index contributed by atoms with van der Waals surface area (Å²) in [7, 11) is -11.9. The highest BCUT2D eigenvalue weighted by atomic mass is 32.3. The van der Waals surface area contributed by atoms with Gasteiger partial charge in [-0.2, -0.15) is 26.3 Å². The maximum atomic E-state index is 12.6. The average molecular weight is 434 g/mol. The second kappa shape index (κ2) is 6.86. The highest BCUT2D eigenvalue weighted by Gasteiger charge is 2.65. The predicted octanol–water partition coefficient (Wildman–Crippen LogP) is 1.48. The highest BCUT2D eigenvalue weighted by Crippen LogP contribution is 2.42. The topological polar surface area (TPSA) is 133 Å². The van der Waals surface area contributed by atoms with Crippen LogP contribution in [0.4, 0.5) is 26.3 Å². The van der Waals surface area contributed by atoms with E-state index in [1.807, 2.05) is 0 Å². The molecule has 0 heterocycles. The monoisotopic (exact) mass is 434 g/mol. The quantitative estimate of drug-likeness (QED) is 0.391. The minimum absolute atomic E-state index is 0.430. The molecule has 0 unspecified atom stereocenters. The third-order valence-electron chi connectivity index (χ3n) is 3.49. The Morgan fingerprint density at radius 3 is 1.62 bits per heavy atom. The van der Waals surface area contributed by atoms with Crippen LogP contribution in [0.1, 0.15) is 19.3 Å². The molecular weight excluding hydrogens is 422 g/mol. The van der Waals surface area contributed by atoms with Gasteiger partial charge < -0.3 is 10.4 Å². The molecule has 0 atom stereocenters. The second-order valence-corrected chi connectivity index (χ2v) is 10.0. The zero-order chi connectivity index (χ0) is 20.6. The number of halogens is 6. The van der Waals surface area contributed by atoms with Crippen molar-refractivity contribution in [1.82, 2.24) is 0 Å². The first-order valence-corrected chi connectivity index (χ1v) is 9.85. The molecule has 0 spiro atoms. The zero-order valence-corrected chi connectivity index (χ0v) is 14.2. The van der Waals surface area contributed by atoms with Gasteiger partial charge in [-0.25, -0.2) is 16.8 Å². The van der Waals surface area contributed by atoms with Gasteiger partial charge in [-0.1, -0.05) is 10.3 Å². The van der Waals surface area contributed by atoms with Gasteiger partial charge in [-0.15, -0.1) is 0 Å². The van der Waals surface area contributed by atoms with Crippen LogP contribution in [-0.4, -0.2) is 66.6 Å². The van der Waals surface area contributed by atoms with Gasteiger partial charge in [0, 0.05) is 0 Å². The van der Waals surface area contributed by atoms with Crippen LogP contribution in [-0.2, 0) is 19.7 Å². The van der Waals surface area contributed by atoms with E-state index in [1.165, 1.54) is 0 Å². The molecule has 1 saturated carbocycles. The average Bonchev–Trinajstić information content (AvgIpc) is 2.40. The van der Waals surface area contributed by atoms with E-state index in [-0.39, 0.29) is 0 Å². The first-order valence-electron chi connectivity index (χ1n) is 6.55. The van der Waals surface area contributed by atoms with E-state index in [2.05, 4.69) is 10.3 Å². The van der Waals surface area contributed by atoms with E-state index >= 15 is 0 Å². The number of oxime groups is 2. The second-order valence-electron chi connectivity index (χ2n) is 5.35. The van der Waals surface area contributed by atoms with Crippen molar-refractivity contribution in [2.24, 2.45) is 10.3 Å². The fraction of sp³-hybridized carbons (Fsp3) is 0.800. The van der Waals surface area contributed by atoms with Crippen LogP contribution in [0.3, 0.4) is 0 Å². The third-order valence-corrected chi connectivity index (χ3v) is 9.23. The molecule has 0 aromatic carbocycles. The van der Waals surface area contributed by atoms with Gasteiger partial charge in [-0.05, 0) is 19.3 Å². The Labute approximate surface area is 143 Å². The van der Waals surface area contributed by atoms with Crippen LogP contribution >= 0.6 is 0 Å². The summed E-state index contributed by atoms with van der Waals surface area (Å²) in [5.41, 5.74) is -2.53. The number of sulfone groups is 2. The van der Waals surface area contributed by atoms with Crippen molar-refractivity contribution in [3.05, 3.63) is 0 Å². The molecule has 1 aliphatic carbocycles. The van der Waals surface area contributed by atoms with Gasteiger partial charge in [0.05, 0.1) is 0 Å². The van der Waals surface area contributed by atoms with E-state index < -0.39 is 78.3 Å². The first-order chi connectivity index (χ1) is 11.5. The zero-order valence-electron chi connectivity index (χ0n) is 12.5. The lowest BCUT2D eigenvalue weighted by Crippen LogP contribution is -2.61. The van der Waals surface area contributed by atoms with Gasteiger partial charge in [-0.3, -0.25) is 0 Å². The molecule has 16 heteroatoms. The Morgan fingerprint density at radius 1 is 0.885 bits per heavy atom. The summed E-state index contributed by atoms with van der Waals surface area (Å²) in [4.78, 5) is 0. The molecule has 0 radical (unpaired) electrons. The van der Waals surface area contributed by atoms with Crippen LogP contribution in [0.25, 0.3) is 0 Å². The fourth-order valence-corrected chi connectivity index (χ4v) is 7.69. The molecule has 0 amide bonds. The van der Waals surface area contributed by atoms with Crippen LogP contribution in [0.15, 0.2) is 10.3 Å². The molecule has 8 nitrogen and oxygen atoms in total. The fourth-order valence-electron chi connectivity index (χ4n) is 2.64. The first kappa shape index (κ1) is 22.5. The molecule has 0 aromatic rings. The van der Waals surface area contributed by atoms with Crippen molar-refractivity contribution in [3.8, 4) is 0 Å². The number of nitrogens with zero attached hydrogens (tertiary/aromatic N) is 2. The molecule has 1 aliphatic rings. The summed E-state index contributed by atoms with van der Waals surface area (Å²) in [6.07, 6.45) is -13.2. The Bertz CT molecular complexity index is 766. The number of hydrogen-bond acceptors (Lipinski definition) is 8. The lowest BCUT2D eigenvalue weighted by Gasteiger charge is -2.36. The van der Waals surface area contributed by atoms with E-state index in [0.29, 0.717) is 0 Å². The Balaban J connectivity index is 3.85. The molecule has 0 aromatic heterocycles. The molecule has 26 heavy (non-hydrogen) atoms. The summed E-state index contributed by atoms with van der Waals surface area (Å²) in [5.74, 6) is -5.57. The summed E-state index contributed by atoms with van der Waals surface area (Å²) >= 11 is 0. The van der Waals surface area contributed by atoms with Gasteiger partial charge in [0.1, 0.15) is 22.9 Å². The van der Waals surface area contributed by atoms with Crippen molar-refractivity contribution in [1.29, 1.82) is 0 Å². The van der Waals surface area contributed by atoms with Crippen LogP contribution in [0, 0.1) is 0 Å². The largest absolute Gasteiger partial charge is 0.411 e. The van der Waals surface area contributed by atoms with E-state index in [9.17, 15) is 43.2 Å². The SMILES string of the molecule is O=S(=O)(CC(F)(F)F)C1(S(=O)(=O)CC(F)(F)F)CCCC(=NO)C1=NO. The van der Waals surface area contributed by atoms with Crippen molar-refractivity contribution < 1.29 is 53.6 Å². The lowest BCUT2D eigenvalue weighted by molar-refractivity contribution is -0.107. The van der Waals surface area contributed by atoms with Crippen LogP contribution < -0.4 is 0 Å². The summed E-state index contributed by atoms with van der Waals surface area (Å²) in [5, 5.41) is 22.5. The molecule has 0 bridgehead atoms. The number of hydrogen-bond donors (Lipinski definition) is 2. The number of alkyl halides is 6. The molecule has 2 N–H and O–H groups in total. The molecule has 0 aliphatic heterocycles. The van der Waals surface area contributed by atoms with E-state index in [0.717, 1.165) is 0 Å². The minimum atomic E-state index is -5.93. The van der Waals surface area contributed by atoms with Crippen LogP contribution in [0.5, 0.6) is 0 Å². The lowest BCUT2D eigenvalue weighted by atomic mass is 9.95. The van der Waals surface area contributed by atoms with Crippen molar-refractivity contribution in [2.75, 3.05) is 11.5 Å². The van der Waals surface area contributed by atoms with Crippen LogP contribution in [0.2, 0.25) is 0 Å². The third kappa shape index (κ3) is 4.21. The Hall–Kier alpha value is -1.58. The summed E-state index contributed by atoms with van der Waals surface area (Å²) in [6.45, 7) is 0. The summed E-state index contributed by atoms with van der Waals surface area (Å²) < 4.78 is 121.